The number of benzene rings is 1. The van der Waals surface area contributed by atoms with Crippen LogP contribution in [0, 0.1) is 19.8 Å². The highest BCUT2D eigenvalue weighted by atomic mass is 32.2. The molecule has 0 bridgehead atoms. The molecule has 1 aliphatic rings. The van der Waals surface area contributed by atoms with Gasteiger partial charge in [-0.1, -0.05) is 0 Å². The monoisotopic (exact) mass is 355 g/mol. The fourth-order valence-electron chi connectivity index (χ4n) is 3.00. The van der Waals surface area contributed by atoms with Crippen LogP contribution >= 0.6 is 0 Å². The molecule has 0 spiro atoms. The number of sulfonamides is 1. The third kappa shape index (κ3) is 3.57. The second kappa shape index (κ2) is 7.53. The number of hydrogen-bond donors (Lipinski definition) is 0. The van der Waals surface area contributed by atoms with Gasteiger partial charge in [0.15, 0.2) is 0 Å². The second-order valence-corrected chi connectivity index (χ2v) is 7.85. The molecule has 0 aliphatic carbocycles. The average molecular weight is 355 g/mol. The van der Waals surface area contributed by atoms with Gasteiger partial charge >= 0.3 is 5.97 Å². The van der Waals surface area contributed by atoms with Crippen molar-refractivity contribution in [2.45, 2.75) is 38.5 Å². The van der Waals surface area contributed by atoms with E-state index in [1.807, 2.05) is 6.92 Å². The van der Waals surface area contributed by atoms with Gasteiger partial charge in [0.2, 0.25) is 10.0 Å². The average Bonchev–Trinajstić information content (AvgIpc) is 2.57. The summed E-state index contributed by atoms with van der Waals surface area (Å²) in [5.74, 6) is 0.230. The Morgan fingerprint density at radius 1 is 1.21 bits per heavy atom. The number of ether oxygens (including phenoxy) is 2. The maximum Gasteiger partial charge on any atom is 0.309 e. The van der Waals surface area contributed by atoms with Crippen molar-refractivity contribution < 1.29 is 22.7 Å². The number of hydrogen-bond acceptors (Lipinski definition) is 5. The van der Waals surface area contributed by atoms with E-state index >= 15 is 0 Å². The van der Waals surface area contributed by atoms with Gasteiger partial charge in [0.1, 0.15) is 5.75 Å². The SMILES string of the molecule is CCOC(=O)C1CCN(S(=O)(=O)c2ccc(OC)c(C)c2C)CC1. The van der Waals surface area contributed by atoms with Crippen LogP contribution in [0.3, 0.4) is 0 Å². The second-order valence-electron chi connectivity index (χ2n) is 5.95. The first-order valence-corrected chi connectivity index (χ1v) is 9.57. The highest BCUT2D eigenvalue weighted by molar-refractivity contribution is 7.89. The Kier molecular flexibility index (Phi) is 5.87. The lowest BCUT2D eigenvalue weighted by molar-refractivity contribution is -0.149. The van der Waals surface area contributed by atoms with Crippen LogP contribution in [0.1, 0.15) is 30.9 Å². The van der Waals surface area contributed by atoms with Gasteiger partial charge in [-0.15, -0.1) is 0 Å². The number of piperidine rings is 1. The molecule has 6 nitrogen and oxygen atoms in total. The molecule has 7 heteroatoms. The van der Waals surface area contributed by atoms with E-state index in [9.17, 15) is 13.2 Å². The molecule has 1 saturated heterocycles. The topological polar surface area (TPSA) is 72.9 Å². The van der Waals surface area contributed by atoms with Crippen molar-refractivity contribution in [1.29, 1.82) is 0 Å². The molecular weight excluding hydrogens is 330 g/mol. The van der Waals surface area contributed by atoms with Gasteiger partial charge in [0.25, 0.3) is 0 Å². The quantitative estimate of drug-likeness (QED) is 0.758. The molecule has 0 saturated carbocycles. The summed E-state index contributed by atoms with van der Waals surface area (Å²) < 4.78 is 37.6. The Hall–Kier alpha value is -1.60. The summed E-state index contributed by atoms with van der Waals surface area (Å²) >= 11 is 0. The maximum absolute atomic E-state index is 12.9. The maximum atomic E-state index is 12.9. The van der Waals surface area contributed by atoms with Gasteiger partial charge < -0.3 is 9.47 Å². The number of nitrogens with zero attached hydrogens (tertiary/aromatic N) is 1. The van der Waals surface area contributed by atoms with E-state index in [-0.39, 0.29) is 11.9 Å². The highest BCUT2D eigenvalue weighted by Crippen LogP contribution is 2.31. The molecule has 134 valence electrons. The summed E-state index contributed by atoms with van der Waals surface area (Å²) in [6, 6.07) is 3.27. The third-order valence-corrected chi connectivity index (χ3v) is 6.64. The fourth-order valence-corrected chi connectivity index (χ4v) is 4.75. The van der Waals surface area contributed by atoms with E-state index in [0.29, 0.717) is 48.7 Å². The molecular formula is C17H25NO5S. The lowest BCUT2D eigenvalue weighted by Crippen LogP contribution is -2.40. The summed E-state index contributed by atoms with van der Waals surface area (Å²) in [5, 5.41) is 0. The van der Waals surface area contributed by atoms with Gasteiger partial charge in [-0.25, -0.2) is 8.42 Å². The molecule has 1 fully saturated rings. The first-order chi connectivity index (χ1) is 11.3. The van der Waals surface area contributed by atoms with E-state index < -0.39 is 10.0 Å². The van der Waals surface area contributed by atoms with E-state index in [2.05, 4.69) is 0 Å². The Morgan fingerprint density at radius 3 is 2.38 bits per heavy atom. The summed E-state index contributed by atoms with van der Waals surface area (Å²) in [7, 11) is -2.01. The summed E-state index contributed by atoms with van der Waals surface area (Å²) in [5.41, 5.74) is 1.52. The molecule has 0 atom stereocenters. The van der Waals surface area contributed by atoms with Gasteiger partial charge in [-0.2, -0.15) is 4.31 Å². The zero-order valence-corrected chi connectivity index (χ0v) is 15.5. The van der Waals surface area contributed by atoms with Crippen LogP contribution in [0.25, 0.3) is 0 Å². The largest absolute Gasteiger partial charge is 0.496 e. The van der Waals surface area contributed by atoms with Crippen LogP contribution in [0.15, 0.2) is 17.0 Å². The van der Waals surface area contributed by atoms with Crippen LogP contribution in [-0.4, -0.2) is 45.5 Å². The zero-order valence-electron chi connectivity index (χ0n) is 14.7. The first-order valence-electron chi connectivity index (χ1n) is 8.13. The number of carbonyl (C=O) groups is 1. The van der Waals surface area contributed by atoms with Gasteiger partial charge in [-0.3, -0.25) is 4.79 Å². The molecule has 1 aromatic rings. The molecule has 0 unspecified atom stereocenters. The summed E-state index contributed by atoms with van der Waals surface area (Å²) in [6.07, 6.45) is 0.985. The fraction of sp³-hybridized carbons (Fsp3) is 0.588. The van der Waals surface area contributed by atoms with Crippen LogP contribution in [0.4, 0.5) is 0 Å². The van der Waals surface area contributed by atoms with Crippen molar-refractivity contribution in [2.24, 2.45) is 5.92 Å². The van der Waals surface area contributed by atoms with Crippen molar-refractivity contribution in [2.75, 3.05) is 26.8 Å². The Labute approximate surface area is 143 Å². The Bertz CT molecular complexity index is 706. The number of esters is 1. The molecule has 24 heavy (non-hydrogen) atoms. The standard InChI is InChI=1S/C17H25NO5S/c1-5-23-17(19)14-8-10-18(11-9-14)24(20,21)16-7-6-15(22-4)12(2)13(16)3/h6-7,14H,5,8-11H2,1-4H3. The molecule has 0 amide bonds. The lowest BCUT2D eigenvalue weighted by Gasteiger charge is -2.30. The predicted molar refractivity (Wildman–Crippen MR) is 90.6 cm³/mol. The van der Waals surface area contributed by atoms with Crippen LogP contribution < -0.4 is 4.74 Å². The molecule has 0 aromatic heterocycles. The van der Waals surface area contributed by atoms with E-state index in [1.165, 1.54) is 4.31 Å². The number of methoxy groups -OCH3 is 1. The molecule has 0 N–H and O–H groups in total. The van der Waals surface area contributed by atoms with Crippen molar-refractivity contribution >= 4 is 16.0 Å². The molecule has 1 aliphatic heterocycles. The minimum absolute atomic E-state index is 0.213. The van der Waals surface area contributed by atoms with E-state index in [1.54, 1.807) is 33.1 Å². The van der Waals surface area contributed by atoms with E-state index in [4.69, 9.17) is 9.47 Å². The van der Waals surface area contributed by atoms with Crippen LogP contribution in [-0.2, 0) is 19.6 Å². The van der Waals surface area contributed by atoms with E-state index in [0.717, 1.165) is 5.56 Å². The van der Waals surface area contributed by atoms with Crippen molar-refractivity contribution in [3.8, 4) is 5.75 Å². The third-order valence-electron chi connectivity index (χ3n) is 4.60. The van der Waals surface area contributed by atoms with Crippen molar-refractivity contribution in [1.82, 2.24) is 4.31 Å². The number of rotatable bonds is 5. The molecule has 1 heterocycles. The van der Waals surface area contributed by atoms with Crippen LogP contribution in [0.2, 0.25) is 0 Å². The summed E-state index contributed by atoms with van der Waals surface area (Å²) in [4.78, 5) is 12.1. The minimum atomic E-state index is -3.58. The Balaban J connectivity index is 2.18. The highest BCUT2D eigenvalue weighted by Gasteiger charge is 2.33. The van der Waals surface area contributed by atoms with Gasteiger partial charge in [0, 0.05) is 13.1 Å². The predicted octanol–water partition coefficient (Wildman–Crippen LogP) is 2.28. The molecule has 2 rings (SSSR count). The summed E-state index contributed by atoms with van der Waals surface area (Å²) in [6.45, 7) is 6.41. The van der Waals surface area contributed by atoms with Crippen molar-refractivity contribution in [3.05, 3.63) is 23.3 Å². The van der Waals surface area contributed by atoms with Gasteiger partial charge in [0.05, 0.1) is 24.5 Å². The molecule has 1 aromatic carbocycles. The number of carbonyl (C=O) groups excluding carboxylic acids is 1. The minimum Gasteiger partial charge on any atom is -0.496 e. The molecule has 0 radical (unpaired) electrons. The normalized spacial score (nSPS) is 16.8. The van der Waals surface area contributed by atoms with Crippen molar-refractivity contribution in [3.63, 3.8) is 0 Å². The Morgan fingerprint density at radius 2 is 1.83 bits per heavy atom. The van der Waals surface area contributed by atoms with Gasteiger partial charge in [-0.05, 0) is 56.9 Å². The lowest BCUT2D eigenvalue weighted by atomic mass is 9.98. The smallest absolute Gasteiger partial charge is 0.309 e. The van der Waals surface area contributed by atoms with Crippen LogP contribution in [0.5, 0.6) is 5.75 Å². The first kappa shape index (κ1) is 18.7. The zero-order chi connectivity index (χ0) is 17.9.